The van der Waals surface area contributed by atoms with Crippen LogP contribution in [0.5, 0.6) is 0 Å². The van der Waals surface area contributed by atoms with Gasteiger partial charge in [-0.3, -0.25) is 0 Å². The molecule has 0 bridgehead atoms. The maximum Gasteiger partial charge on any atom is 0.109 e. The Kier molecular flexibility index (Phi) is 5.54. The Morgan fingerprint density at radius 2 is 2.08 bits per heavy atom. The Morgan fingerprint density at radius 1 is 1.46 bits per heavy atom. The highest BCUT2D eigenvalue weighted by molar-refractivity contribution is 14.1. The lowest BCUT2D eigenvalue weighted by molar-refractivity contribution is 0.135. The van der Waals surface area contributed by atoms with E-state index < -0.39 is 0 Å². The van der Waals surface area contributed by atoms with E-state index in [0.717, 1.165) is 19.2 Å². The molecule has 1 saturated heterocycles. The van der Waals surface area contributed by atoms with Crippen LogP contribution in [0.4, 0.5) is 0 Å². The van der Waals surface area contributed by atoms with Gasteiger partial charge in [0.05, 0.1) is 6.61 Å². The van der Waals surface area contributed by atoms with Crippen molar-refractivity contribution in [1.29, 1.82) is 0 Å². The van der Waals surface area contributed by atoms with Gasteiger partial charge in [0.15, 0.2) is 0 Å². The fourth-order valence-corrected chi connectivity index (χ4v) is 1.99. The lowest BCUT2D eigenvalue weighted by atomic mass is 10.0. The van der Waals surface area contributed by atoms with Crippen molar-refractivity contribution in [3.8, 4) is 0 Å². The first-order chi connectivity index (χ1) is 6.24. The molecule has 0 saturated carbocycles. The van der Waals surface area contributed by atoms with E-state index in [4.69, 9.17) is 3.07 Å². The molecule has 13 heavy (non-hydrogen) atoms. The number of hydrogen-bond donors (Lipinski definition) is 0. The highest BCUT2D eigenvalue weighted by Crippen LogP contribution is 2.13. The average molecular weight is 298 g/mol. The fourth-order valence-electron chi connectivity index (χ4n) is 1.80. The molecule has 78 valence electrons. The molecule has 1 heterocycles. The molecule has 0 spiro atoms. The molecule has 1 aliphatic heterocycles. The van der Waals surface area contributed by atoms with Crippen molar-refractivity contribution >= 4 is 23.0 Å². The summed E-state index contributed by atoms with van der Waals surface area (Å²) in [6.45, 7) is 4.36. The summed E-state index contributed by atoms with van der Waals surface area (Å²) < 4.78 is 5.04. The summed E-state index contributed by atoms with van der Waals surface area (Å²) in [6, 6.07) is 0.766. The summed E-state index contributed by atoms with van der Waals surface area (Å²) in [5, 5.41) is 0. The van der Waals surface area contributed by atoms with Gasteiger partial charge in [-0.1, -0.05) is 0 Å². The molecule has 1 rings (SSSR count). The third-order valence-corrected chi connectivity index (χ3v) is 3.27. The lowest BCUT2D eigenvalue weighted by Crippen LogP contribution is -2.42. The van der Waals surface area contributed by atoms with Crippen LogP contribution >= 0.6 is 23.0 Å². The number of piperidine rings is 1. The van der Waals surface area contributed by atoms with Gasteiger partial charge in [0.25, 0.3) is 0 Å². The minimum Gasteiger partial charge on any atom is -0.314 e. The second-order valence-electron chi connectivity index (χ2n) is 3.83. The summed E-state index contributed by atoms with van der Waals surface area (Å²) in [4.78, 5) is 4.82. The van der Waals surface area contributed by atoms with Crippen LogP contribution in [0.25, 0.3) is 0 Å². The highest BCUT2D eigenvalue weighted by atomic mass is 127. The van der Waals surface area contributed by atoms with Gasteiger partial charge in [-0.15, -0.1) is 0 Å². The van der Waals surface area contributed by atoms with E-state index in [2.05, 4.69) is 23.9 Å². The third kappa shape index (κ3) is 4.10. The van der Waals surface area contributed by atoms with Crippen molar-refractivity contribution in [3.05, 3.63) is 0 Å². The zero-order valence-electron chi connectivity index (χ0n) is 8.50. The zero-order chi connectivity index (χ0) is 9.68. The predicted molar refractivity (Wildman–Crippen MR) is 63.1 cm³/mol. The van der Waals surface area contributed by atoms with E-state index in [0.29, 0.717) is 0 Å². The fraction of sp³-hybridized carbons (Fsp3) is 1.00. The Labute approximate surface area is 95.1 Å². The Bertz CT molecular complexity index is 138. The number of rotatable bonds is 4. The predicted octanol–water partition coefficient (Wildman–Crippen LogP) is 1.38. The number of nitrogens with zero attached hydrogens (tertiary/aromatic N) is 2. The van der Waals surface area contributed by atoms with Gasteiger partial charge < -0.3 is 12.9 Å². The van der Waals surface area contributed by atoms with E-state index in [-0.39, 0.29) is 0 Å². The smallest absolute Gasteiger partial charge is 0.109 e. The molecular formula is C9H19IN2O. The largest absolute Gasteiger partial charge is 0.314 e. The van der Waals surface area contributed by atoms with Gasteiger partial charge in [0.1, 0.15) is 23.0 Å². The molecule has 0 aliphatic carbocycles. The van der Waals surface area contributed by atoms with E-state index in [1.807, 2.05) is 23.0 Å². The minimum atomic E-state index is 0.766. The third-order valence-electron chi connectivity index (χ3n) is 2.83. The van der Waals surface area contributed by atoms with Crippen LogP contribution in [0.3, 0.4) is 0 Å². The van der Waals surface area contributed by atoms with E-state index in [9.17, 15) is 0 Å². The van der Waals surface area contributed by atoms with Crippen LogP contribution in [0.2, 0.25) is 0 Å². The summed E-state index contributed by atoms with van der Waals surface area (Å²) in [7, 11) is 4.40. The maximum atomic E-state index is 5.04. The molecule has 0 N–H and O–H groups in total. The molecule has 0 aromatic rings. The van der Waals surface area contributed by atoms with Crippen LogP contribution in [-0.2, 0) is 3.07 Å². The molecule has 1 fully saturated rings. The van der Waals surface area contributed by atoms with Crippen LogP contribution < -0.4 is 0 Å². The number of halogens is 1. The molecule has 1 aliphatic rings. The van der Waals surface area contributed by atoms with Gasteiger partial charge in [0, 0.05) is 12.6 Å². The van der Waals surface area contributed by atoms with Crippen LogP contribution in [0.15, 0.2) is 0 Å². The lowest BCUT2D eigenvalue weighted by Gasteiger charge is -2.34. The molecule has 4 heteroatoms. The molecular weight excluding hydrogens is 279 g/mol. The van der Waals surface area contributed by atoms with Gasteiger partial charge in [0.2, 0.25) is 0 Å². The van der Waals surface area contributed by atoms with Gasteiger partial charge in [-0.05, 0) is 40.0 Å². The Balaban J connectivity index is 2.19. The average Bonchev–Trinajstić information content (AvgIpc) is 2.15. The summed E-state index contributed by atoms with van der Waals surface area (Å²) >= 11 is 1.96. The van der Waals surface area contributed by atoms with Gasteiger partial charge in [-0.25, -0.2) is 0 Å². The van der Waals surface area contributed by atoms with Crippen LogP contribution in [0.1, 0.15) is 12.8 Å². The van der Waals surface area contributed by atoms with Gasteiger partial charge >= 0.3 is 0 Å². The molecule has 3 nitrogen and oxygen atoms in total. The van der Waals surface area contributed by atoms with Crippen LogP contribution in [0, 0.1) is 0 Å². The van der Waals surface area contributed by atoms with Crippen molar-refractivity contribution in [2.24, 2.45) is 0 Å². The van der Waals surface area contributed by atoms with E-state index in [1.54, 1.807) is 0 Å². The molecule has 0 radical (unpaired) electrons. The second-order valence-corrected chi connectivity index (χ2v) is 4.45. The maximum absolute atomic E-state index is 5.04. The topological polar surface area (TPSA) is 15.7 Å². The van der Waals surface area contributed by atoms with Crippen molar-refractivity contribution in [1.82, 2.24) is 9.80 Å². The molecule has 0 atom stereocenters. The summed E-state index contributed by atoms with van der Waals surface area (Å²) in [5.74, 6) is 0. The van der Waals surface area contributed by atoms with E-state index >= 15 is 0 Å². The SMILES string of the molecule is CN1CCC(N(C)CCOI)CC1. The normalized spacial score (nSPS) is 21.2. The highest BCUT2D eigenvalue weighted by Gasteiger charge is 2.19. The zero-order valence-corrected chi connectivity index (χ0v) is 10.7. The Morgan fingerprint density at radius 3 is 2.62 bits per heavy atom. The summed E-state index contributed by atoms with van der Waals surface area (Å²) in [5.41, 5.74) is 0. The minimum absolute atomic E-state index is 0.766. The molecule has 0 aromatic heterocycles. The van der Waals surface area contributed by atoms with Crippen molar-refractivity contribution in [2.75, 3.05) is 40.3 Å². The Hall–Kier alpha value is 0.610. The monoisotopic (exact) mass is 298 g/mol. The molecule has 0 amide bonds. The first kappa shape index (κ1) is 11.7. The van der Waals surface area contributed by atoms with Crippen LogP contribution in [-0.4, -0.2) is 56.2 Å². The van der Waals surface area contributed by atoms with Crippen molar-refractivity contribution < 1.29 is 3.07 Å². The quantitative estimate of drug-likeness (QED) is 0.729. The van der Waals surface area contributed by atoms with Crippen molar-refractivity contribution in [2.45, 2.75) is 18.9 Å². The standard InChI is InChI=1S/C9H19IN2O/c1-11-5-3-9(4-6-11)12(2)7-8-13-10/h9H,3-8H2,1-2H3. The first-order valence-electron chi connectivity index (χ1n) is 4.86. The van der Waals surface area contributed by atoms with Gasteiger partial charge in [-0.2, -0.15) is 0 Å². The number of likely N-dealkylation sites (tertiary alicyclic amines) is 1. The first-order valence-corrected chi connectivity index (χ1v) is 5.74. The summed E-state index contributed by atoms with van der Waals surface area (Å²) in [6.07, 6.45) is 2.60. The van der Waals surface area contributed by atoms with E-state index in [1.165, 1.54) is 25.9 Å². The molecule has 0 unspecified atom stereocenters. The number of likely N-dealkylation sites (N-methyl/N-ethyl adjacent to an activating group) is 1. The molecule has 0 aromatic carbocycles. The second kappa shape index (κ2) is 6.16. The number of hydrogen-bond acceptors (Lipinski definition) is 3. The van der Waals surface area contributed by atoms with Crippen molar-refractivity contribution in [3.63, 3.8) is 0 Å².